The van der Waals surface area contributed by atoms with Crippen molar-refractivity contribution in [3.63, 3.8) is 0 Å². The Balaban J connectivity index is 4.53. The summed E-state index contributed by atoms with van der Waals surface area (Å²) in [6, 6.07) is 0. The first-order valence-electron chi connectivity index (χ1n) is 30.8. The lowest BCUT2D eigenvalue weighted by Gasteiger charge is -2.18. The quantitative estimate of drug-likeness (QED) is 0.0261. The van der Waals surface area contributed by atoms with Gasteiger partial charge in [0.2, 0.25) is 0 Å². The molecule has 0 rings (SSSR count). The van der Waals surface area contributed by atoms with Crippen LogP contribution in [0.25, 0.3) is 0 Å². The van der Waals surface area contributed by atoms with Gasteiger partial charge in [0, 0.05) is 19.3 Å². The molecule has 6 nitrogen and oxygen atoms in total. The van der Waals surface area contributed by atoms with E-state index in [1.807, 2.05) is 12.2 Å². The number of allylic oxidation sites excluding steroid dienone is 30. The van der Waals surface area contributed by atoms with Gasteiger partial charge in [0.25, 0.3) is 0 Å². The average Bonchev–Trinajstić information content (AvgIpc) is 3.44. The maximum atomic E-state index is 12.9. The molecule has 0 aromatic rings. The first-order valence-corrected chi connectivity index (χ1v) is 30.8. The third kappa shape index (κ3) is 61.4. The van der Waals surface area contributed by atoms with Crippen LogP contribution in [0, 0.1) is 0 Å². The molecule has 0 aromatic heterocycles. The van der Waals surface area contributed by atoms with Crippen LogP contribution in [0.4, 0.5) is 0 Å². The minimum atomic E-state index is -0.846. The van der Waals surface area contributed by atoms with Gasteiger partial charge in [-0.25, -0.2) is 0 Å². The molecule has 0 aliphatic rings. The predicted octanol–water partition coefficient (Wildman–Crippen LogP) is 21.3. The fraction of sp³-hybridized carbons (Fsp3) is 0.542. The lowest BCUT2D eigenvalue weighted by Crippen LogP contribution is -2.30. The van der Waals surface area contributed by atoms with Gasteiger partial charge in [-0.15, -0.1) is 0 Å². The van der Waals surface area contributed by atoms with E-state index >= 15 is 0 Å². The molecule has 0 aliphatic carbocycles. The summed E-state index contributed by atoms with van der Waals surface area (Å²) in [6.45, 7) is 6.25. The molecule has 0 amide bonds. The SMILES string of the molecule is CC/C=C\C/C=C\C/C=C\C/C=C\C/C=C\C/C=C\C/C=C\C/C=C\C/C=C\CCCC(=O)OCC(COC(=O)CC/C=C\C/C=C\C/C=C\C/C=C\CC)OC(=O)CCCCCCCCC/C=C\C/C=C\CCCCCC. The van der Waals surface area contributed by atoms with Crippen LogP contribution in [-0.2, 0) is 28.6 Å². The molecule has 0 saturated heterocycles. The van der Waals surface area contributed by atoms with E-state index in [0.29, 0.717) is 12.8 Å². The van der Waals surface area contributed by atoms with Crippen LogP contribution in [0.2, 0.25) is 0 Å². The zero-order valence-corrected chi connectivity index (χ0v) is 49.6. The number of hydrogen-bond donors (Lipinski definition) is 0. The van der Waals surface area contributed by atoms with Gasteiger partial charge in [0.05, 0.1) is 0 Å². The van der Waals surface area contributed by atoms with Crippen molar-refractivity contribution in [3.05, 3.63) is 182 Å². The Morgan fingerprint density at radius 3 is 0.897 bits per heavy atom. The number of ether oxygens (including phenoxy) is 3. The molecule has 0 bridgehead atoms. The van der Waals surface area contributed by atoms with Crippen molar-refractivity contribution in [2.45, 2.75) is 239 Å². The van der Waals surface area contributed by atoms with Crippen molar-refractivity contribution in [1.29, 1.82) is 0 Å². The van der Waals surface area contributed by atoms with Crippen molar-refractivity contribution >= 4 is 17.9 Å². The second-order valence-electron chi connectivity index (χ2n) is 19.5. The standard InChI is InChI=1S/C72H110O6/c1-4-7-10-13-16-19-22-25-27-29-31-32-33-34-35-36-37-38-39-40-41-43-44-47-50-53-56-59-62-65-71(74)77-68-69(67-76-70(73)64-61-58-55-52-49-46-24-21-18-15-12-9-6-3)78-72(75)66-63-60-57-54-51-48-45-42-30-28-26-23-20-17-14-11-8-5-2/h7,9-10,12,16,18-21,23,25,27-28,30-32,34-35,37-38,40-41,44,46-47,49,53,55-56,58,69H,4-6,8,11,13-15,17,22,24,26,29,33,36,39,42-43,45,48,50-52,54,57,59-68H2,1-3H3/b10-7-,12-9-,19-16-,21-18-,23-20-,27-25-,30-28-,32-31-,35-34-,38-37-,41-40-,47-44-,49-46-,56-53-,58-55-. The van der Waals surface area contributed by atoms with Crippen LogP contribution in [0.3, 0.4) is 0 Å². The number of carbonyl (C=O) groups excluding carboxylic acids is 3. The summed E-state index contributed by atoms with van der Waals surface area (Å²) in [5, 5.41) is 0. The third-order valence-electron chi connectivity index (χ3n) is 12.1. The highest BCUT2D eigenvalue weighted by atomic mass is 16.6. The fourth-order valence-corrected chi connectivity index (χ4v) is 7.60. The van der Waals surface area contributed by atoms with Crippen molar-refractivity contribution in [2.75, 3.05) is 13.2 Å². The molecule has 6 heteroatoms. The maximum absolute atomic E-state index is 12.9. The summed E-state index contributed by atoms with van der Waals surface area (Å²) in [7, 11) is 0. The van der Waals surface area contributed by atoms with Crippen LogP contribution in [-0.4, -0.2) is 37.2 Å². The molecule has 78 heavy (non-hydrogen) atoms. The van der Waals surface area contributed by atoms with Gasteiger partial charge in [-0.2, -0.15) is 0 Å². The molecule has 0 spiro atoms. The highest BCUT2D eigenvalue weighted by Crippen LogP contribution is 2.13. The molecule has 0 fully saturated rings. The lowest BCUT2D eigenvalue weighted by molar-refractivity contribution is -0.166. The van der Waals surface area contributed by atoms with E-state index in [4.69, 9.17) is 14.2 Å². The van der Waals surface area contributed by atoms with E-state index in [1.54, 1.807) is 0 Å². The van der Waals surface area contributed by atoms with E-state index in [-0.39, 0.29) is 50.4 Å². The van der Waals surface area contributed by atoms with Crippen molar-refractivity contribution in [1.82, 2.24) is 0 Å². The Bertz CT molecular complexity index is 1850. The molecule has 0 radical (unpaired) electrons. The number of unbranched alkanes of at least 4 members (excludes halogenated alkanes) is 12. The normalized spacial score (nSPS) is 13.4. The van der Waals surface area contributed by atoms with E-state index < -0.39 is 6.10 Å². The predicted molar refractivity (Wildman–Crippen MR) is 338 cm³/mol. The van der Waals surface area contributed by atoms with E-state index in [0.717, 1.165) is 128 Å². The molecule has 1 atom stereocenters. The lowest BCUT2D eigenvalue weighted by atomic mass is 10.1. The molecule has 1 unspecified atom stereocenters. The number of carbonyl (C=O) groups is 3. The Labute approximate surface area is 478 Å². The molecular weight excluding hydrogens is 961 g/mol. The Morgan fingerprint density at radius 1 is 0.269 bits per heavy atom. The first kappa shape index (κ1) is 72.5. The molecule has 0 saturated carbocycles. The topological polar surface area (TPSA) is 78.9 Å². The monoisotopic (exact) mass is 1070 g/mol. The van der Waals surface area contributed by atoms with Crippen LogP contribution < -0.4 is 0 Å². The van der Waals surface area contributed by atoms with E-state index in [2.05, 4.69) is 191 Å². The zero-order chi connectivity index (χ0) is 56.4. The highest BCUT2D eigenvalue weighted by molar-refractivity contribution is 5.71. The van der Waals surface area contributed by atoms with Crippen molar-refractivity contribution < 1.29 is 28.6 Å². The van der Waals surface area contributed by atoms with Gasteiger partial charge in [-0.1, -0.05) is 254 Å². The summed E-state index contributed by atoms with van der Waals surface area (Å²) >= 11 is 0. The second-order valence-corrected chi connectivity index (χ2v) is 19.5. The molecule has 434 valence electrons. The third-order valence-corrected chi connectivity index (χ3v) is 12.1. The summed E-state index contributed by atoms with van der Waals surface area (Å²) < 4.78 is 16.7. The average molecular weight is 1070 g/mol. The second kappa shape index (κ2) is 64.0. The van der Waals surface area contributed by atoms with Crippen LogP contribution >= 0.6 is 0 Å². The molecular formula is C72H110O6. The van der Waals surface area contributed by atoms with E-state index in [1.165, 1.54) is 51.4 Å². The molecule has 0 N–H and O–H groups in total. The minimum Gasteiger partial charge on any atom is -0.462 e. The number of esters is 3. The summed E-state index contributed by atoms with van der Waals surface area (Å²) in [6.07, 6.45) is 96.3. The van der Waals surface area contributed by atoms with Gasteiger partial charge in [-0.3, -0.25) is 14.4 Å². The van der Waals surface area contributed by atoms with Gasteiger partial charge < -0.3 is 14.2 Å². The molecule has 0 heterocycles. The fourth-order valence-electron chi connectivity index (χ4n) is 7.60. The van der Waals surface area contributed by atoms with Crippen molar-refractivity contribution in [2.24, 2.45) is 0 Å². The summed E-state index contributed by atoms with van der Waals surface area (Å²) in [4.78, 5) is 38.2. The molecule has 0 aromatic carbocycles. The maximum Gasteiger partial charge on any atom is 0.306 e. The van der Waals surface area contributed by atoms with Crippen LogP contribution in [0.15, 0.2) is 182 Å². The Morgan fingerprint density at radius 2 is 0.538 bits per heavy atom. The van der Waals surface area contributed by atoms with Gasteiger partial charge in [0.1, 0.15) is 13.2 Å². The smallest absolute Gasteiger partial charge is 0.306 e. The van der Waals surface area contributed by atoms with Crippen LogP contribution in [0.1, 0.15) is 233 Å². The first-order chi connectivity index (χ1) is 38.5. The van der Waals surface area contributed by atoms with Gasteiger partial charge in [-0.05, 0) is 141 Å². The largest absolute Gasteiger partial charge is 0.462 e. The van der Waals surface area contributed by atoms with Gasteiger partial charge >= 0.3 is 17.9 Å². The van der Waals surface area contributed by atoms with Crippen LogP contribution in [0.5, 0.6) is 0 Å². The summed E-state index contributed by atoms with van der Waals surface area (Å²) in [5.74, 6) is -1.10. The molecule has 0 aliphatic heterocycles. The number of rotatable bonds is 53. The Kier molecular flexibility index (Phi) is 59.5. The van der Waals surface area contributed by atoms with Crippen molar-refractivity contribution in [3.8, 4) is 0 Å². The highest BCUT2D eigenvalue weighted by Gasteiger charge is 2.19. The number of hydrogen-bond acceptors (Lipinski definition) is 6. The summed E-state index contributed by atoms with van der Waals surface area (Å²) in [5.41, 5.74) is 0. The minimum absolute atomic E-state index is 0.143. The Hall–Kier alpha value is -5.49. The van der Waals surface area contributed by atoms with Gasteiger partial charge in [0.15, 0.2) is 6.10 Å². The van der Waals surface area contributed by atoms with E-state index in [9.17, 15) is 14.4 Å². The zero-order valence-electron chi connectivity index (χ0n) is 49.6.